The second kappa shape index (κ2) is 9.29. The van der Waals surface area contributed by atoms with Gasteiger partial charge in [0.05, 0.1) is 25.3 Å². The lowest BCUT2D eigenvalue weighted by Gasteiger charge is -2.45. The SMILES string of the molecule is Cc1oc2c3c(ccc2c(=O)c1I)OC(C)(C)[C@H](OC(=O)C12CC[C@](C)(C(=O)O1)C2(C)C)[C@@H]3OC(=O)C12CC[C@@](C)(C(=O)O1)C2(C)C. The Balaban J connectivity index is 1.38. The molecule has 0 radical (unpaired) electrons. The molecule has 0 spiro atoms. The summed E-state index contributed by atoms with van der Waals surface area (Å²) in [7, 11) is 0. The molecule has 2 aromatic rings. The van der Waals surface area contributed by atoms with Crippen LogP contribution in [-0.4, -0.2) is 46.8 Å². The zero-order valence-corrected chi connectivity index (χ0v) is 30.2. The minimum absolute atomic E-state index is 0.121. The van der Waals surface area contributed by atoms with Crippen LogP contribution in [0.2, 0.25) is 0 Å². The van der Waals surface area contributed by atoms with E-state index in [9.17, 15) is 24.0 Å². The molecule has 7 rings (SSSR count). The Morgan fingerprint density at radius 3 is 1.74 bits per heavy atom. The minimum Gasteiger partial charge on any atom is -0.483 e. The number of benzene rings is 1. The highest BCUT2D eigenvalue weighted by atomic mass is 127. The monoisotopic (exact) mass is 762 g/mol. The van der Waals surface area contributed by atoms with E-state index in [1.165, 1.54) is 0 Å². The van der Waals surface area contributed by atoms with Crippen LogP contribution < -0.4 is 10.2 Å². The van der Waals surface area contributed by atoms with E-state index in [2.05, 4.69) is 0 Å². The molecule has 2 saturated carbocycles. The van der Waals surface area contributed by atoms with Crippen molar-refractivity contribution in [2.45, 2.75) is 117 Å². The molecule has 3 aliphatic heterocycles. The number of hydrogen-bond donors (Lipinski definition) is 0. The van der Waals surface area contributed by atoms with Crippen molar-refractivity contribution in [2.24, 2.45) is 21.7 Å². The molecule has 4 heterocycles. The maximum absolute atomic E-state index is 14.5. The Labute approximate surface area is 285 Å². The summed E-state index contributed by atoms with van der Waals surface area (Å²) in [6.07, 6.45) is -1.29. The van der Waals surface area contributed by atoms with Gasteiger partial charge in [-0.3, -0.25) is 14.4 Å². The van der Waals surface area contributed by atoms with Crippen LogP contribution in [0, 0.1) is 32.2 Å². The van der Waals surface area contributed by atoms with Crippen molar-refractivity contribution in [1.82, 2.24) is 0 Å². The molecule has 11 nitrogen and oxygen atoms in total. The predicted molar refractivity (Wildman–Crippen MR) is 173 cm³/mol. The second-order valence-electron chi connectivity index (χ2n) is 15.9. The van der Waals surface area contributed by atoms with Gasteiger partial charge in [-0.2, -0.15) is 0 Å². The molecule has 4 fully saturated rings. The van der Waals surface area contributed by atoms with E-state index < -0.39 is 74.5 Å². The lowest BCUT2D eigenvalue weighted by Crippen LogP contribution is -2.57. The molecular weight excluding hydrogens is 723 g/mol. The Hall–Kier alpha value is -3.16. The van der Waals surface area contributed by atoms with Gasteiger partial charge >= 0.3 is 23.9 Å². The Morgan fingerprint density at radius 2 is 1.28 bits per heavy atom. The average Bonchev–Trinajstić information content (AvgIpc) is 3.45. The summed E-state index contributed by atoms with van der Waals surface area (Å²) < 4.78 is 37.4. The van der Waals surface area contributed by atoms with Gasteiger partial charge in [0.2, 0.25) is 16.6 Å². The van der Waals surface area contributed by atoms with Gasteiger partial charge < -0.3 is 28.1 Å². The lowest BCUT2D eigenvalue weighted by molar-refractivity contribution is -0.217. The third-order valence-electron chi connectivity index (χ3n) is 13.1. The third-order valence-corrected chi connectivity index (χ3v) is 14.3. The van der Waals surface area contributed by atoms with Gasteiger partial charge in [0, 0.05) is 10.8 Å². The highest BCUT2D eigenvalue weighted by Crippen LogP contribution is 2.67. The van der Waals surface area contributed by atoms with Gasteiger partial charge in [0.25, 0.3) is 0 Å². The fourth-order valence-electron chi connectivity index (χ4n) is 8.71. The number of fused-ring (bicyclic) bond motifs is 7. The van der Waals surface area contributed by atoms with Gasteiger partial charge in [-0.1, -0.05) is 27.7 Å². The fraction of sp³-hybridized carbons (Fsp3) is 0.629. The quantitative estimate of drug-likeness (QED) is 0.218. The summed E-state index contributed by atoms with van der Waals surface area (Å²) in [4.78, 5) is 68.4. The summed E-state index contributed by atoms with van der Waals surface area (Å²) in [5, 5.41) is 0.225. The van der Waals surface area contributed by atoms with Crippen molar-refractivity contribution < 1.29 is 47.3 Å². The smallest absolute Gasteiger partial charge is 0.351 e. The van der Waals surface area contributed by atoms with Gasteiger partial charge in [0.1, 0.15) is 22.7 Å². The van der Waals surface area contributed by atoms with Gasteiger partial charge in [-0.25, -0.2) is 9.59 Å². The molecular formula is C35H39IO11. The predicted octanol–water partition coefficient (Wildman–Crippen LogP) is 5.62. The Kier molecular flexibility index (Phi) is 6.40. The first-order valence-electron chi connectivity index (χ1n) is 16.0. The highest BCUT2D eigenvalue weighted by molar-refractivity contribution is 14.1. The zero-order chi connectivity index (χ0) is 34.5. The van der Waals surface area contributed by atoms with Crippen LogP contribution in [0.1, 0.15) is 98.5 Å². The molecule has 47 heavy (non-hydrogen) atoms. The first kappa shape index (κ1) is 32.4. The number of carbonyl (C=O) groups excluding carboxylic acids is 4. The lowest BCUT2D eigenvalue weighted by atomic mass is 9.66. The van der Waals surface area contributed by atoms with E-state index in [0.29, 0.717) is 22.2 Å². The van der Waals surface area contributed by atoms with Crippen molar-refractivity contribution in [3.05, 3.63) is 37.2 Å². The van der Waals surface area contributed by atoms with E-state index in [0.717, 1.165) is 0 Å². The van der Waals surface area contributed by atoms with E-state index in [4.69, 9.17) is 28.1 Å². The maximum atomic E-state index is 14.5. The molecule has 0 N–H and O–H groups in total. The largest absolute Gasteiger partial charge is 0.483 e. The van der Waals surface area contributed by atoms with Crippen LogP contribution >= 0.6 is 22.6 Å². The van der Waals surface area contributed by atoms with E-state index in [1.54, 1.807) is 46.8 Å². The number of aryl methyl sites for hydroxylation is 1. The summed E-state index contributed by atoms with van der Waals surface area (Å²) in [6.45, 7) is 15.9. The van der Waals surface area contributed by atoms with E-state index in [1.807, 2.05) is 50.3 Å². The van der Waals surface area contributed by atoms with Crippen molar-refractivity contribution in [3.63, 3.8) is 0 Å². The molecule has 6 atom stereocenters. The van der Waals surface area contributed by atoms with E-state index >= 15 is 0 Å². The molecule has 2 unspecified atom stereocenters. The number of carbonyl (C=O) groups is 4. The summed E-state index contributed by atoms with van der Waals surface area (Å²) in [5.74, 6) is -1.91. The molecule has 2 aliphatic carbocycles. The van der Waals surface area contributed by atoms with Gasteiger partial charge in [-0.15, -0.1) is 0 Å². The number of rotatable bonds is 4. The van der Waals surface area contributed by atoms with E-state index in [-0.39, 0.29) is 40.6 Å². The zero-order valence-electron chi connectivity index (χ0n) is 28.0. The van der Waals surface area contributed by atoms with Crippen LogP contribution in [0.25, 0.3) is 11.0 Å². The molecule has 4 bridgehead atoms. The van der Waals surface area contributed by atoms with Gasteiger partial charge in [0.15, 0.2) is 12.2 Å². The van der Waals surface area contributed by atoms with Crippen LogP contribution in [0.5, 0.6) is 5.75 Å². The third kappa shape index (κ3) is 3.60. The molecule has 0 amide bonds. The first-order chi connectivity index (χ1) is 21.6. The Morgan fingerprint density at radius 1 is 0.766 bits per heavy atom. The van der Waals surface area contributed by atoms with Crippen molar-refractivity contribution in [3.8, 4) is 5.75 Å². The topological polar surface area (TPSA) is 145 Å². The molecule has 2 saturated heterocycles. The van der Waals surface area contributed by atoms with Crippen molar-refractivity contribution in [2.75, 3.05) is 0 Å². The molecule has 12 heteroatoms. The first-order valence-corrected chi connectivity index (χ1v) is 17.0. The highest BCUT2D eigenvalue weighted by Gasteiger charge is 2.78. The Bertz CT molecular complexity index is 1890. The fourth-order valence-corrected chi connectivity index (χ4v) is 9.11. The maximum Gasteiger partial charge on any atom is 0.351 e. The van der Waals surface area contributed by atoms with Crippen molar-refractivity contribution in [1.29, 1.82) is 0 Å². The normalized spacial score (nSPS) is 36.8. The number of ether oxygens (including phenoxy) is 5. The molecule has 1 aromatic heterocycles. The van der Waals surface area contributed by atoms with Crippen LogP contribution in [-0.2, 0) is 38.1 Å². The standard InChI is InChI=1S/C35H39IO11/c1-16-20(36)21(37)17-10-11-18-19(22(17)42-16)23(43-27(40)34-14-12-32(8,25(38)46-34)30(34,4)5)24(29(2,3)45-18)44-28(41)35-15-13-33(9,26(39)47-35)31(35,6)7/h10-11,23-24H,12-15H2,1-9H3/t23-,24-,32+,33-,34?,35?/m1/s1. The summed E-state index contributed by atoms with van der Waals surface area (Å²) >= 11 is 1.92. The molecule has 1 aromatic carbocycles. The van der Waals surface area contributed by atoms with Crippen molar-refractivity contribution >= 4 is 57.4 Å². The van der Waals surface area contributed by atoms with Crippen LogP contribution in [0.3, 0.4) is 0 Å². The average molecular weight is 763 g/mol. The summed E-state index contributed by atoms with van der Waals surface area (Å²) in [5.41, 5.74) is -8.02. The summed E-state index contributed by atoms with van der Waals surface area (Å²) in [6, 6.07) is 3.19. The minimum atomic E-state index is -1.60. The van der Waals surface area contributed by atoms with Crippen LogP contribution in [0.4, 0.5) is 0 Å². The van der Waals surface area contributed by atoms with Crippen LogP contribution in [0.15, 0.2) is 21.3 Å². The molecule has 252 valence electrons. The number of esters is 4. The number of hydrogen-bond acceptors (Lipinski definition) is 11. The number of halogens is 1. The second-order valence-corrected chi connectivity index (χ2v) is 16.9. The van der Waals surface area contributed by atoms with Gasteiger partial charge in [-0.05, 0) is 95.0 Å². The molecule has 5 aliphatic rings.